The Hall–Kier alpha value is -1.51. The van der Waals surface area contributed by atoms with E-state index in [1.165, 1.54) is 6.20 Å². The number of imidazole rings is 1. The summed E-state index contributed by atoms with van der Waals surface area (Å²) < 4.78 is 0. The molecule has 0 radical (unpaired) electrons. The third-order valence-electron chi connectivity index (χ3n) is 1.14. The average Bonchev–Trinajstić information content (AvgIpc) is 2.56. The lowest BCUT2D eigenvalue weighted by atomic mass is 10.5. The van der Waals surface area contributed by atoms with Crippen LogP contribution in [0.2, 0.25) is 0 Å². The minimum atomic E-state index is 0.817. The Labute approximate surface area is 72.3 Å². The Morgan fingerprint density at radius 1 is 1.58 bits per heavy atom. The molecule has 12 heavy (non-hydrogen) atoms. The molecule has 1 aromatic rings. The van der Waals surface area contributed by atoms with Gasteiger partial charge in [-0.3, -0.25) is 0 Å². The summed E-state index contributed by atoms with van der Waals surface area (Å²) in [6.45, 7) is 7.55. The van der Waals surface area contributed by atoms with Gasteiger partial charge >= 0.3 is 0 Å². The fourth-order valence-electron chi connectivity index (χ4n) is 0.693. The first kappa shape index (κ1) is 10.5. The van der Waals surface area contributed by atoms with Crippen molar-refractivity contribution in [3.8, 4) is 0 Å². The van der Waals surface area contributed by atoms with Crippen LogP contribution in [0.15, 0.2) is 19.0 Å². The highest BCUT2D eigenvalue weighted by atomic mass is 14.9. The first-order chi connectivity index (χ1) is 5.88. The van der Waals surface area contributed by atoms with Gasteiger partial charge in [0.1, 0.15) is 0 Å². The van der Waals surface area contributed by atoms with Crippen molar-refractivity contribution in [2.45, 2.75) is 13.8 Å². The van der Waals surface area contributed by atoms with E-state index in [0.717, 1.165) is 10.7 Å². The molecule has 0 saturated heterocycles. The largest absolute Gasteiger partial charge is 0.403 e. The number of nitrogens with one attached hydrogen (secondary N) is 1. The second-order valence-electron chi connectivity index (χ2n) is 1.77. The van der Waals surface area contributed by atoms with E-state index in [-0.39, 0.29) is 0 Å². The van der Waals surface area contributed by atoms with Crippen LogP contribution in [0.4, 0.5) is 0 Å². The maximum absolute atomic E-state index is 5.27. The van der Waals surface area contributed by atoms with E-state index in [9.17, 15) is 0 Å². The Morgan fingerprint density at radius 3 is 2.75 bits per heavy atom. The smallest absolute Gasteiger partial charge is 0.0932 e. The van der Waals surface area contributed by atoms with Gasteiger partial charge in [-0.15, -0.1) is 0 Å². The van der Waals surface area contributed by atoms with Crippen molar-refractivity contribution in [2.75, 3.05) is 0 Å². The number of H-pyrrole nitrogens is 1. The van der Waals surface area contributed by atoms with Crippen molar-refractivity contribution >= 4 is 12.3 Å². The molecule has 0 unspecified atom stereocenters. The topological polar surface area (TPSA) is 54.7 Å². The Bertz CT molecular complexity index is 322. The molecule has 0 aliphatic heterocycles. The van der Waals surface area contributed by atoms with Gasteiger partial charge in [0.05, 0.1) is 17.0 Å². The molecule has 0 amide bonds. The van der Waals surface area contributed by atoms with Crippen LogP contribution >= 0.6 is 0 Å². The van der Waals surface area contributed by atoms with E-state index in [2.05, 4.69) is 16.5 Å². The van der Waals surface area contributed by atoms with Gasteiger partial charge in [-0.25, -0.2) is 4.98 Å². The molecule has 1 heterocycles. The highest BCUT2D eigenvalue weighted by Crippen LogP contribution is 1.60. The van der Waals surface area contributed by atoms with Crippen molar-refractivity contribution in [1.82, 2.24) is 9.97 Å². The maximum atomic E-state index is 5.27. The van der Waals surface area contributed by atoms with Gasteiger partial charge in [0.25, 0.3) is 0 Å². The summed E-state index contributed by atoms with van der Waals surface area (Å²) in [5.41, 5.74) is 5.27. The van der Waals surface area contributed by atoms with Gasteiger partial charge in [-0.2, -0.15) is 0 Å². The van der Waals surface area contributed by atoms with Gasteiger partial charge in [0.2, 0.25) is 0 Å². The molecule has 3 N–H and O–H groups in total. The Balaban J connectivity index is 0.000000561. The molecule has 3 heteroatoms. The highest BCUT2D eigenvalue weighted by Gasteiger charge is 1.81. The number of allylic oxidation sites excluding steroid dienone is 1. The predicted molar refractivity (Wildman–Crippen MR) is 52.5 cm³/mol. The number of nitrogens with zero attached hydrogens (tertiary/aromatic N) is 1. The first-order valence-corrected chi connectivity index (χ1v) is 3.92. The molecule has 0 spiro atoms. The van der Waals surface area contributed by atoms with Crippen LogP contribution in [0, 0.1) is 0 Å². The van der Waals surface area contributed by atoms with Crippen LogP contribution in [0.5, 0.6) is 0 Å². The second-order valence-corrected chi connectivity index (χ2v) is 1.77. The third kappa shape index (κ3) is 2.62. The Kier molecular flexibility index (Phi) is 5.43. The zero-order valence-electron chi connectivity index (χ0n) is 7.54. The van der Waals surface area contributed by atoms with Gasteiger partial charge in [-0.1, -0.05) is 26.5 Å². The SMILES string of the molecule is C=C/C=c1/nc[nH]/c1=C/N.CC. The van der Waals surface area contributed by atoms with Crippen molar-refractivity contribution < 1.29 is 0 Å². The minimum Gasteiger partial charge on any atom is -0.403 e. The van der Waals surface area contributed by atoms with Crippen LogP contribution < -0.4 is 16.4 Å². The van der Waals surface area contributed by atoms with E-state index >= 15 is 0 Å². The summed E-state index contributed by atoms with van der Waals surface area (Å²) in [5.74, 6) is 0. The third-order valence-corrected chi connectivity index (χ3v) is 1.14. The van der Waals surface area contributed by atoms with E-state index in [4.69, 9.17) is 5.73 Å². The number of aromatic nitrogens is 2. The summed E-state index contributed by atoms with van der Waals surface area (Å²) >= 11 is 0. The number of hydrogen-bond acceptors (Lipinski definition) is 2. The zero-order valence-corrected chi connectivity index (χ0v) is 7.54. The van der Waals surface area contributed by atoms with E-state index < -0.39 is 0 Å². The summed E-state index contributed by atoms with van der Waals surface area (Å²) in [4.78, 5) is 6.85. The highest BCUT2D eigenvalue weighted by molar-refractivity contribution is 5.33. The predicted octanol–water partition coefficient (Wildman–Crippen LogP) is 0.0991. The molecule has 0 bridgehead atoms. The fraction of sp³-hybridized carbons (Fsp3) is 0.222. The van der Waals surface area contributed by atoms with Gasteiger partial charge in [-0.05, 0) is 6.08 Å². The lowest BCUT2D eigenvalue weighted by Gasteiger charge is -1.72. The van der Waals surface area contributed by atoms with Crippen LogP contribution in [0.1, 0.15) is 13.8 Å². The number of rotatable bonds is 1. The molecule has 0 saturated carbocycles. The molecule has 0 aromatic carbocycles. The van der Waals surface area contributed by atoms with Crippen LogP contribution in [0.25, 0.3) is 12.3 Å². The van der Waals surface area contributed by atoms with E-state index in [1.807, 2.05) is 13.8 Å². The monoisotopic (exact) mass is 165 g/mol. The maximum Gasteiger partial charge on any atom is 0.0932 e. The van der Waals surface area contributed by atoms with Crippen LogP contribution in [-0.2, 0) is 0 Å². The Morgan fingerprint density at radius 2 is 2.25 bits per heavy atom. The van der Waals surface area contributed by atoms with Crippen molar-refractivity contribution in [2.24, 2.45) is 5.73 Å². The fourth-order valence-corrected chi connectivity index (χ4v) is 0.693. The standard InChI is InChI=1S/C7H9N3.C2H6/c1-2-3-6-7(4-8)10-5-9-6;1-2/h2-5H,1,8H2,(H,9,10);1-2H3/b6-3+,7-4+;. The van der Waals surface area contributed by atoms with Gasteiger partial charge in [0.15, 0.2) is 0 Å². The number of nitrogens with two attached hydrogens (primary N) is 1. The van der Waals surface area contributed by atoms with Crippen molar-refractivity contribution in [3.05, 3.63) is 29.7 Å². The molecular weight excluding hydrogens is 150 g/mol. The van der Waals surface area contributed by atoms with Crippen molar-refractivity contribution in [3.63, 3.8) is 0 Å². The molecule has 0 aliphatic rings. The molecule has 1 aromatic heterocycles. The number of hydrogen-bond donors (Lipinski definition) is 2. The van der Waals surface area contributed by atoms with Crippen molar-refractivity contribution in [1.29, 1.82) is 0 Å². The average molecular weight is 165 g/mol. The summed E-state index contributed by atoms with van der Waals surface area (Å²) in [7, 11) is 0. The van der Waals surface area contributed by atoms with Crippen LogP contribution in [0.3, 0.4) is 0 Å². The quantitative estimate of drug-likeness (QED) is 0.620. The molecule has 66 valence electrons. The summed E-state index contributed by atoms with van der Waals surface area (Å²) in [5, 5.41) is 1.64. The zero-order chi connectivity index (χ0) is 9.40. The van der Waals surface area contributed by atoms with E-state index in [0.29, 0.717) is 0 Å². The van der Waals surface area contributed by atoms with Crippen LogP contribution in [-0.4, -0.2) is 9.97 Å². The molecular formula is C9H15N3. The van der Waals surface area contributed by atoms with E-state index in [1.54, 1.807) is 18.5 Å². The normalized spacial score (nSPS) is 12.2. The molecule has 0 fully saturated rings. The molecule has 0 aliphatic carbocycles. The summed E-state index contributed by atoms with van der Waals surface area (Å²) in [6.07, 6.45) is 6.52. The molecule has 1 rings (SSSR count). The summed E-state index contributed by atoms with van der Waals surface area (Å²) in [6, 6.07) is 0. The second kappa shape index (κ2) is 6.22. The molecule has 0 atom stereocenters. The first-order valence-electron chi connectivity index (χ1n) is 3.92. The molecule has 3 nitrogen and oxygen atoms in total. The number of aromatic amines is 1. The van der Waals surface area contributed by atoms with Gasteiger partial charge < -0.3 is 10.7 Å². The minimum absolute atomic E-state index is 0.817. The van der Waals surface area contributed by atoms with Gasteiger partial charge in [0, 0.05) is 6.20 Å². The lowest BCUT2D eigenvalue weighted by molar-refractivity contribution is 1.28. The lowest BCUT2D eigenvalue weighted by Crippen LogP contribution is -2.25.